The van der Waals surface area contributed by atoms with E-state index in [0.29, 0.717) is 13.2 Å². The maximum Gasteiger partial charge on any atom is 0.283 e. The molecule has 5 nitrogen and oxygen atoms in total. The molecule has 3 unspecified atom stereocenters. The van der Waals surface area contributed by atoms with Crippen molar-refractivity contribution in [1.29, 1.82) is 0 Å². The number of amidine groups is 1. The van der Waals surface area contributed by atoms with Crippen LogP contribution in [0.5, 0.6) is 5.75 Å². The van der Waals surface area contributed by atoms with Gasteiger partial charge in [-0.2, -0.15) is 0 Å². The molecule has 3 heterocycles. The van der Waals surface area contributed by atoms with E-state index in [0.717, 1.165) is 28.8 Å². The number of aliphatic imine (C=N–C) groups is 1. The molecule has 3 aliphatic heterocycles. The largest absolute Gasteiger partial charge is 0.489 e. The Morgan fingerprint density at radius 2 is 2.30 bits per heavy atom. The minimum absolute atomic E-state index is 0.107. The molecule has 106 valence electrons. The van der Waals surface area contributed by atoms with Crippen LogP contribution in [0.15, 0.2) is 27.7 Å². The normalized spacial score (nSPS) is 34.8. The zero-order valence-corrected chi connectivity index (χ0v) is 12.4. The van der Waals surface area contributed by atoms with Crippen molar-refractivity contribution in [1.82, 2.24) is 0 Å². The molecular weight excluding hydrogens is 324 g/mol. The molecule has 0 aliphatic carbocycles. The van der Waals surface area contributed by atoms with E-state index in [1.54, 1.807) is 0 Å². The number of halogens is 1. The van der Waals surface area contributed by atoms with Gasteiger partial charge in [0, 0.05) is 16.5 Å². The SMILES string of the molecule is NC1=NC2(CO1)c1cc(Br)ccc1OC1CCOCC12. The fourth-order valence-electron chi connectivity index (χ4n) is 3.38. The minimum Gasteiger partial charge on any atom is -0.489 e. The molecule has 4 rings (SSSR count). The van der Waals surface area contributed by atoms with Gasteiger partial charge in [-0.25, -0.2) is 4.99 Å². The molecule has 0 radical (unpaired) electrons. The first-order valence-corrected chi connectivity index (χ1v) is 7.51. The van der Waals surface area contributed by atoms with Crippen LogP contribution in [0.3, 0.4) is 0 Å². The second-order valence-electron chi connectivity index (χ2n) is 5.43. The van der Waals surface area contributed by atoms with Crippen molar-refractivity contribution in [3.63, 3.8) is 0 Å². The molecule has 1 saturated heterocycles. The standard InChI is InChI=1S/C14H15BrN2O3/c15-8-1-2-11-9(5-8)14(7-19-13(16)17-14)10-6-18-4-3-12(10)20-11/h1-2,5,10,12H,3-4,6-7H2,(H2,16,17). The van der Waals surface area contributed by atoms with Crippen molar-refractivity contribution in [2.45, 2.75) is 18.1 Å². The molecule has 6 heteroatoms. The molecule has 1 aromatic rings. The zero-order valence-electron chi connectivity index (χ0n) is 10.8. The van der Waals surface area contributed by atoms with Crippen LogP contribution in [-0.4, -0.2) is 31.9 Å². The number of benzene rings is 1. The third-order valence-corrected chi connectivity index (χ3v) is 4.84. The lowest BCUT2D eigenvalue weighted by Crippen LogP contribution is -2.52. The van der Waals surface area contributed by atoms with Crippen molar-refractivity contribution in [3.8, 4) is 5.75 Å². The van der Waals surface area contributed by atoms with Gasteiger partial charge < -0.3 is 19.9 Å². The van der Waals surface area contributed by atoms with Crippen LogP contribution in [-0.2, 0) is 15.0 Å². The van der Waals surface area contributed by atoms with E-state index in [1.807, 2.05) is 18.2 Å². The van der Waals surface area contributed by atoms with Gasteiger partial charge >= 0.3 is 0 Å². The number of rotatable bonds is 0. The highest BCUT2D eigenvalue weighted by Crippen LogP contribution is 2.50. The van der Waals surface area contributed by atoms with Gasteiger partial charge in [0.05, 0.1) is 19.1 Å². The number of hydrogen-bond acceptors (Lipinski definition) is 5. The highest BCUT2D eigenvalue weighted by molar-refractivity contribution is 9.10. The van der Waals surface area contributed by atoms with E-state index < -0.39 is 5.54 Å². The van der Waals surface area contributed by atoms with Crippen LogP contribution in [0.1, 0.15) is 12.0 Å². The predicted molar refractivity (Wildman–Crippen MR) is 76.7 cm³/mol. The van der Waals surface area contributed by atoms with Crippen LogP contribution in [0.4, 0.5) is 0 Å². The summed E-state index contributed by atoms with van der Waals surface area (Å²) in [5.41, 5.74) is 6.34. The smallest absolute Gasteiger partial charge is 0.283 e. The molecule has 3 aliphatic rings. The summed E-state index contributed by atoms with van der Waals surface area (Å²) in [6, 6.07) is 6.26. The van der Waals surface area contributed by atoms with Gasteiger partial charge in [0.2, 0.25) is 0 Å². The Labute approximate surface area is 125 Å². The predicted octanol–water partition coefficient (Wildman–Crippen LogP) is 1.79. The Morgan fingerprint density at radius 1 is 1.40 bits per heavy atom. The van der Waals surface area contributed by atoms with E-state index in [9.17, 15) is 0 Å². The molecule has 1 fully saturated rings. The highest BCUT2D eigenvalue weighted by Gasteiger charge is 2.54. The monoisotopic (exact) mass is 338 g/mol. The quantitative estimate of drug-likeness (QED) is 0.783. The summed E-state index contributed by atoms with van der Waals surface area (Å²) < 4.78 is 18.3. The van der Waals surface area contributed by atoms with Gasteiger partial charge in [0.15, 0.2) is 0 Å². The zero-order chi connectivity index (χ0) is 13.7. The number of hydrogen-bond donors (Lipinski definition) is 1. The minimum atomic E-state index is -0.480. The summed E-state index contributed by atoms with van der Waals surface area (Å²) in [4.78, 5) is 4.64. The number of nitrogens with zero attached hydrogens (tertiary/aromatic N) is 1. The van der Waals surface area contributed by atoms with Crippen LogP contribution >= 0.6 is 15.9 Å². The van der Waals surface area contributed by atoms with Gasteiger partial charge in [-0.3, -0.25) is 0 Å². The summed E-state index contributed by atoms with van der Waals surface area (Å²) >= 11 is 3.52. The maximum atomic E-state index is 6.15. The molecule has 3 atom stereocenters. The first-order chi connectivity index (χ1) is 9.69. The van der Waals surface area contributed by atoms with Crippen molar-refractivity contribution in [3.05, 3.63) is 28.2 Å². The van der Waals surface area contributed by atoms with E-state index >= 15 is 0 Å². The molecule has 2 N–H and O–H groups in total. The lowest BCUT2D eigenvalue weighted by molar-refractivity contribution is -0.0726. The second kappa shape index (κ2) is 4.36. The molecular formula is C14H15BrN2O3. The van der Waals surface area contributed by atoms with Crippen molar-refractivity contribution < 1.29 is 14.2 Å². The number of ether oxygens (including phenoxy) is 3. The summed E-state index contributed by atoms with van der Waals surface area (Å²) in [6.45, 7) is 1.80. The molecule has 0 amide bonds. The first kappa shape index (κ1) is 12.5. The number of fused-ring (bicyclic) bond motifs is 4. The van der Waals surface area contributed by atoms with Crippen molar-refractivity contribution >= 4 is 22.0 Å². The Kier molecular flexibility index (Phi) is 2.72. The Balaban J connectivity index is 1.91. The van der Waals surface area contributed by atoms with E-state index in [2.05, 4.69) is 20.9 Å². The fourth-order valence-corrected chi connectivity index (χ4v) is 3.75. The third kappa shape index (κ3) is 1.67. The highest BCUT2D eigenvalue weighted by atomic mass is 79.9. The third-order valence-electron chi connectivity index (χ3n) is 4.34. The Morgan fingerprint density at radius 3 is 3.10 bits per heavy atom. The average Bonchev–Trinajstić information content (AvgIpc) is 2.84. The molecule has 0 saturated carbocycles. The van der Waals surface area contributed by atoms with Crippen molar-refractivity contribution in [2.24, 2.45) is 16.6 Å². The van der Waals surface area contributed by atoms with Crippen LogP contribution in [0, 0.1) is 5.92 Å². The van der Waals surface area contributed by atoms with Gasteiger partial charge in [-0.1, -0.05) is 15.9 Å². The first-order valence-electron chi connectivity index (χ1n) is 6.71. The lowest BCUT2D eigenvalue weighted by atomic mass is 9.73. The lowest BCUT2D eigenvalue weighted by Gasteiger charge is -2.45. The van der Waals surface area contributed by atoms with Crippen LogP contribution in [0.2, 0.25) is 0 Å². The summed E-state index contributed by atoms with van der Waals surface area (Å²) in [6.07, 6.45) is 0.979. The van der Waals surface area contributed by atoms with Gasteiger partial charge in [-0.15, -0.1) is 0 Å². The molecule has 1 aromatic carbocycles. The van der Waals surface area contributed by atoms with E-state index in [1.165, 1.54) is 0 Å². The molecule has 0 bridgehead atoms. The van der Waals surface area contributed by atoms with Gasteiger partial charge in [-0.05, 0) is 18.2 Å². The summed E-state index contributed by atoms with van der Waals surface area (Å²) in [5.74, 6) is 1.01. The second-order valence-corrected chi connectivity index (χ2v) is 6.35. The Hall–Kier alpha value is -1.27. The maximum absolute atomic E-state index is 6.15. The summed E-state index contributed by atoms with van der Waals surface area (Å²) in [7, 11) is 0. The Bertz CT molecular complexity index is 592. The van der Waals surface area contributed by atoms with E-state index in [-0.39, 0.29) is 18.0 Å². The summed E-state index contributed by atoms with van der Waals surface area (Å²) in [5, 5.41) is 0. The molecule has 20 heavy (non-hydrogen) atoms. The van der Waals surface area contributed by atoms with Crippen LogP contribution < -0.4 is 10.5 Å². The van der Waals surface area contributed by atoms with Crippen LogP contribution in [0.25, 0.3) is 0 Å². The fraction of sp³-hybridized carbons (Fsp3) is 0.500. The van der Waals surface area contributed by atoms with Gasteiger partial charge in [0.25, 0.3) is 6.02 Å². The average molecular weight is 339 g/mol. The van der Waals surface area contributed by atoms with Gasteiger partial charge in [0.1, 0.15) is 24.0 Å². The van der Waals surface area contributed by atoms with E-state index in [4.69, 9.17) is 19.9 Å². The molecule has 1 spiro atoms. The topological polar surface area (TPSA) is 66.1 Å². The molecule has 0 aromatic heterocycles. The number of nitrogens with two attached hydrogens (primary N) is 1. The van der Waals surface area contributed by atoms with Crippen molar-refractivity contribution in [2.75, 3.05) is 19.8 Å².